The Labute approximate surface area is 265 Å². The van der Waals surface area contributed by atoms with Gasteiger partial charge in [-0.15, -0.1) is 0 Å². The van der Waals surface area contributed by atoms with Crippen LogP contribution >= 0.6 is 0 Å². The molecule has 0 amide bonds. The lowest BCUT2D eigenvalue weighted by molar-refractivity contribution is 0.463. The lowest BCUT2D eigenvalue weighted by Crippen LogP contribution is -1.95. The standard InChI is InChI=1S/C42H28N2O2/c45-41-26-36(28-12-10-14-30(24-28)44-39-21-7-3-17-33(39)34-18-4-8-22-40(34)44)42(46)25-35(41)27-11-9-13-29(23-27)43-37-19-5-1-15-31(37)32-16-2-6-20-38(32)43/h1-26,45-46H. The van der Waals surface area contributed by atoms with Gasteiger partial charge in [0.15, 0.2) is 0 Å². The zero-order chi connectivity index (χ0) is 30.8. The lowest BCUT2D eigenvalue weighted by atomic mass is 9.97. The molecule has 7 aromatic carbocycles. The van der Waals surface area contributed by atoms with Crippen molar-refractivity contribution in [3.63, 3.8) is 0 Å². The Bertz CT molecular complexity index is 2330. The van der Waals surface area contributed by atoms with Crippen LogP contribution in [0.4, 0.5) is 0 Å². The first-order chi connectivity index (χ1) is 22.7. The van der Waals surface area contributed by atoms with Gasteiger partial charge in [-0.3, -0.25) is 0 Å². The summed E-state index contributed by atoms with van der Waals surface area (Å²) in [7, 11) is 0. The van der Waals surface area contributed by atoms with Crippen LogP contribution in [0.2, 0.25) is 0 Å². The largest absolute Gasteiger partial charge is 0.507 e. The third-order valence-corrected chi connectivity index (χ3v) is 9.10. The van der Waals surface area contributed by atoms with Crippen LogP contribution in [0.1, 0.15) is 0 Å². The summed E-state index contributed by atoms with van der Waals surface area (Å²) in [4.78, 5) is 0. The van der Waals surface area contributed by atoms with Gasteiger partial charge in [-0.1, -0.05) is 97.1 Å². The van der Waals surface area contributed by atoms with Crippen molar-refractivity contribution in [1.29, 1.82) is 0 Å². The minimum atomic E-state index is 0.106. The van der Waals surface area contributed by atoms with Crippen molar-refractivity contribution in [2.75, 3.05) is 0 Å². The number of benzene rings is 7. The third-order valence-electron chi connectivity index (χ3n) is 9.10. The van der Waals surface area contributed by atoms with E-state index in [1.807, 2.05) is 24.3 Å². The summed E-state index contributed by atoms with van der Waals surface area (Å²) < 4.78 is 4.50. The van der Waals surface area contributed by atoms with E-state index in [0.717, 1.165) is 44.6 Å². The van der Waals surface area contributed by atoms with Crippen LogP contribution in [0.3, 0.4) is 0 Å². The SMILES string of the molecule is Oc1cc(-c2cccc(-n3c4ccccc4c4ccccc43)c2)c(O)cc1-c1cccc(-n2c3ccccc3c3ccccc32)c1. The van der Waals surface area contributed by atoms with Crippen LogP contribution in [-0.4, -0.2) is 19.3 Å². The quantitative estimate of drug-likeness (QED) is 0.200. The molecule has 46 heavy (non-hydrogen) atoms. The van der Waals surface area contributed by atoms with E-state index < -0.39 is 0 Å². The van der Waals surface area contributed by atoms with Crippen molar-refractivity contribution in [2.45, 2.75) is 0 Å². The maximum absolute atomic E-state index is 11.4. The summed E-state index contributed by atoms with van der Waals surface area (Å²) >= 11 is 0. The zero-order valence-corrected chi connectivity index (χ0v) is 24.8. The molecule has 0 spiro atoms. The number of aromatic nitrogens is 2. The van der Waals surface area contributed by atoms with Gasteiger partial charge in [-0.05, 0) is 71.8 Å². The van der Waals surface area contributed by atoms with Crippen LogP contribution in [0.5, 0.6) is 11.5 Å². The molecule has 0 aliphatic rings. The van der Waals surface area contributed by atoms with Crippen molar-refractivity contribution in [1.82, 2.24) is 9.13 Å². The smallest absolute Gasteiger partial charge is 0.124 e. The number of hydrogen-bond donors (Lipinski definition) is 2. The number of rotatable bonds is 4. The molecule has 0 bridgehead atoms. The summed E-state index contributed by atoms with van der Waals surface area (Å²) in [5.41, 5.74) is 9.21. The Hall–Kier alpha value is -6.26. The van der Waals surface area contributed by atoms with Gasteiger partial charge < -0.3 is 19.3 Å². The maximum atomic E-state index is 11.4. The summed E-state index contributed by atoms with van der Waals surface area (Å²) in [6, 6.07) is 53.2. The second-order valence-electron chi connectivity index (χ2n) is 11.7. The highest BCUT2D eigenvalue weighted by molar-refractivity contribution is 6.10. The fourth-order valence-electron chi connectivity index (χ4n) is 7.07. The minimum Gasteiger partial charge on any atom is -0.507 e. The summed E-state index contributed by atoms with van der Waals surface area (Å²) in [6.07, 6.45) is 0. The van der Waals surface area contributed by atoms with E-state index in [4.69, 9.17) is 0 Å². The van der Waals surface area contributed by atoms with Gasteiger partial charge in [0.1, 0.15) is 11.5 Å². The van der Waals surface area contributed by atoms with Gasteiger partial charge in [0, 0.05) is 44.0 Å². The van der Waals surface area contributed by atoms with Crippen molar-refractivity contribution >= 4 is 43.6 Å². The number of phenolic OH excluding ortho intramolecular Hbond substituents is 2. The third kappa shape index (κ3) is 3.94. The average molecular weight is 593 g/mol. The van der Waals surface area contributed by atoms with E-state index in [9.17, 15) is 10.2 Å². The molecule has 2 aromatic heterocycles. The Morgan fingerprint density at radius 3 is 1.00 bits per heavy atom. The van der Waals surface area contributed by atoms with Gasteiger partial charge in [0.05, 0.1) is 22.1 Å². The number of para-hydroxylation sites is 4. The number of nitrogens with zero attached hydrogens (tertiary/aromatic N) is 2. The molecule has 4 nitrogen and oxygen atoms in total. The molecule has 218 valence electrons. The fourth-order valence-corrected chi connectivity index (χ4v) is 7.07. The molecule has 0 aliphatic heterocycles. The molecule has 9 aromatic rings. The van der Waals surface area contributed by atoms with Crippen molar-refractivity contribution < 1.29 is 10.2 Å². The summed E-state index contributed by atoms with van der Waals surface area (Å²) in [5.74, 6) is 0.212. The lowest BCUT2D eigenvalue weighted by Gasteiger charge is -2.14. The van der Waals surface area contributed by atoms with Crippen LogP contribution in [-0.2, 0) is 0 Å². The zero-order valence-electron chi connectivity index (χ0n) is 24.8. The molecule has 0 fully saturated rings. The fraction of sp³-hybridized carbons (Fsp3) is 0. The van der Waals surface area contributed by atoms with Crippen molar-refractivity contribution in [3.8, 4) is 45.1 Å². The first-order valence-electron chi connectivity index (χ1n) is 15.4. The number of aromatic hydroxyl groups is 2. The highest BCUT2D eigenvalue weighted by atomic mass is 16.3. The molecule has 0 aliphatic carbocycles. The molecular weight excluding hydrogens is 564 g/mol. The molecule has 9 rings (SSSR count). The molecule has 2 N–H and O–H groups in total. The molecule has 2 heterocycles. The van der Waals surface area contributed by atoms with E-state index in [1.54, 1.807) is 12.1 Å². The number of phenols is 2. The predicted molar refractivity (Wildman–Crippen MR) is 189 cm³/mol. The molecule has 0 unspecified atom stereocenters. The van der Waals surface area contributed by atoms with Gasteiger partial charge in [-0.25, -0.2) is 0 Å². The molecule has 0 saturated heterocycles. The monoisotopic (exact) mass is 592 g/mol. The van der Waals surface area contributed by atoms with E-state index in [1.165, 1.54) is 21.5 Å². The van der Waals surface area contributed by atoms with Crippen molar-refractivity contribution in [3.05, 3.63) is 158 Å². The van der Waals surface area contributed by atoms with Gasteiger partial charge >= 0.3 is 0 Å². The Morgan fingerprint density at radius 1 is 0.326 bits per heavy atom. The van der Waals surface area contributed by atoms with Crippen LogP contribution in [0, 0.1) is 0 Å². The maximum Gasteiger partial charge on any atom is 0.124 e. The average Bonchev–Trinajstić information content (AvgIpc) is 3.62. The number of hydrogen-bond acceptors (Lipinski definition) is 2. The van der Waals surface area contributed by atoms with E-state index >= 15 is 0 Å². The molecule has 4 heteroatoms. The van der Waals surface area contributed by atoms with E-state index in [-0.39, 0.29) is 11.5 Å². The van der Waals surface area contributed by atoms with Crippen LogP contribution in [0.15, 0.2) is 158 Å². The normalized spacial score (nSPS) is 11.7. The second-order valence-corrected chi connectivity index (χ2v) is 11.7. The van der Waals surface area contributed by atoms with Crippen molar-refractivity contribution in [2.24, 2.45) is 0 Å². The van der Waals surface area contributed by atoms with Gasteiger partial charge in [0.25, 0.3) is 0 Å². The Morgan fingerprint density at radius 2 is 0.652 bits per heavy atom. The molecule has 0 radical (unpaired) electrons. The summed E-state index contributed by atoms with van der Waals surface area (Å²) in [5, 5.41) is 27.6. The predicted octanol–water partition coefficient (Wildman–Crippen LogP) is 10.6. The summed E-state index contributed by atoms with van der Waals surface area (Å²) in [6.45, 7) is 0. The van der Waals surface area contributed by atoms with Gasteiger partial charge in [0.2, 0.25) is 0 Å². The molecule has 0 atom stereocenters. The first kappa shape index (κ1) is 26.2. The second kappa shape index (κ2) is 10.1. The van der Waals surface area contributed by atoms with Gasteiger partial charge in [-0.2, -0.15) is 0 Å². The highest BCUT2D eigenvalue weighted by Crippen LogP contribution is 2.42. The highest BCUT2D eigenvalue weighted by Gasteiger charge is 2.17. The molecule has 0 saturated carbocycles. The first-order valence-corrected chi connectivity index (χ1v) is 15.4. The molecular formula is C42H28N2O2. The van der Waals surface area contributed by atoms with Crippen LogP contribution < -0.4 is 0 Å². The Kier molecular flexibility index (Phi) is 5.77. The van der Waals surface area contributed by atoms with E-state index in [0.29, 0.717) is 11.1 Å². The van der Waals surface area contributed by atoms with E-state index in [2.05, 4.69) is 130 Å². The Balaban J connectivity index is 1.15. The topological polar surface area (TPSA) is 50.3 Å². The van der Waals surface area contributed by atoms with Crippen LogP contribution in [0.25, 0.3) is 77.2 Å². The minimum absolute atomic E-state index is 0.106. The number of fused-ring (bicyclic) bond motifs is 6.